The summed E-state index contributed by atoms with van der Waals surface area (Å²) in [6.07, 6.45) is 0. The topological polar surface area (TPSA) is 75.7 Å². The number of benzene rings is 4. The largest absolute Gasteiger partial charge is 0.494 e. The molecule has 0 aliphatic heterocycles. The van der Waals surface area contributed by atoms with E-state index in [1.165, 1.54) is 24.3 Å². The van der Waals surface area contributed by atoms with Crippen LogP contribution < -0.4 is 14.4 Å². The van der Waals surface area contributed by atoms with E-state index in [1.807, 2.05) is 55.5 Å². The number of nitrogens with one attached hydrogen (secondary N) is 1. The van der Waals surface area contributed by atoms with Crippen LogP contribution in [0.4, 0.5) is 11.4 Å². The van der Waals surface area contributed by atoms with Gasteiger partial charge in [-0.15, -0.1) is 0 Å². The molecule has 0 unspecified atom stereocenters. The molecule has 6 nitrogen and oxygen atoms in total. The van der Waals surface area contributed by atoms with Crippen LogP contribution in [0.3, 0.4) is 0 Å². The lowest BCUT2D eigenvalue weighted by Gasteiger charge is -2.24. The minimum Gasteiger partial charge on any atom is -0.494 e. The first-order valence-electron chi connectivity index (χ1n) is 11.3. The molecule has 0 saturated heterocycles. The molecular weight excluding hydrogens is 496 g/mol. The van der Waals surface area contributed by atoms with Crippen molar-refractivity contribution in [3.8, 4) is 16.9 Å². The van der Waals surface area contributed by atoms with Crippen molar-refractivity contribution in [1.82, 2.24) is 0 Å². The fourth-order valence-corrected chi connectivity index (χ4v) is 5.25. The number of nitrogens with zero attached hydrogens (tertiary/aromatic N) is 1. The predicted molar refractivity (Wildman–Crippen MR) is 144 cm³/mol. The number of hydrogen-bond donors (Lipinski definition) is 1. The molecule has 0 heterocycles. The Morgan fingerprint density at radius 1 is 0.861 bits per heavy atom. The van der Waals surface area contributed by atoms with Crippen molar-refractivity contribution in [2.24, 2.45) is 0 Å². The molecule has 1 N–H and O–H groups in total. The van der Waals surface area contributed by atoms with Gasteiger partial charge in [-0.2, -0.15) is 0 Å². The summed E-state index contributed by atoms with van der Waals surface area (Å²) in [4.78, 5) is 13.2. The zero-order valence-electron chi connectivity index (χ0n) is 19.6. The molecule has 8 heteroatoms. The SMILES string of the molecule is CCOc1ccc(N(CC(=O)Nc2ccccc2-c2ccccc2)S(=O)(=O)c2ccc(Cl)cc2)cc1. The van der Waals surface area contributed by atoms with Crippen LogP contribution in [0, 0.1) is 0 Å². The summed E-state index contributed by atoms with van der Waals surface area (Å²) >= 11 is 5.96. The van der Waals surface area contributed by atoms with Gasteiger partial charge in [0.2, 0.25) is 5.91 Å². The van der Waals surface area contributed by atoms with E-state index in [-0.39, 0.29) is 4.90 Å². The molecule has 0 aliphatic rings. The van der Waals surface area contributed by atoms with Crippen molar-refractivity contribution in [3.05, 3.63) is 108 Å². The average Bonchev–Trinajstić information content (AvgIpc) is 2.89. The van der Waals surface area contributed by atoms with E-state index in [1.54, 1.807) is 30.3 Å². The third kappa shape index (κ3) is 5.87. The van der Waals surface area contributed by atoms with Gasteiger partial charge in [0.25, 0.3) is 10.0 Å². The molecule has 0 aromatic heterocycles. The summed E-state index contributed by atoms with van der Waals surface area (Å²) in [5.41, 5.74) is 2.69. The van der Waals surface area contributed by atoms with Gasteiger partial charge in [-0.1, -0.05) is 60.1 Å². The zero-order valence-corrected chi connectivity index (χ0v) is 21.2. The number of para-hydroxylation sites is 1. The van der Waals surface area contributed by atoms with E-state index < -0.39 is 22.5 Å². The second-order valence-corrected chi connectivity index (χ2v) is 10.2. The quantitative estimate of drug-likeness (QED) is 0.283. The van der Waals surface area contributed by atoms with E-state index in [2.05, 4.69) is 5.32 Å². The number of hydrogen-bond acceptors (Lipinski definition) is 4. The Bertz CT molecular complexity index is 1420. The summed E-state index contributed by atoms with van der Waals surface area (Å²) in [6.45, 7) is 1.92. The lowest BCUT2D eigenvalue weighted by atomic mass is 10.0. The Kier molecular flexibility index (Phi) is 7.93. The van der Waals surface area contributed by atoms with Gasteiger partial charge >= 0.3 is 0 Å². The van der Waals surface area contributed by atoms with Crippen molar-refractivity contribution >= 4 is 38.9 Å². The van der Waals surface area contributed by atoms with E-state index in [0.717, 1.165) is 15.4 Å². The lowest BCUT2D eigenvalue weighted by molar-refractivity contribution is -0.114. The van der Waals surface area contributed by atoms with Crippen LogP contribution in [0.15, 0.2) is 108 Å². The van der Waals surface area contributed by atoms with Crippen molar-refractivity contribution in [3.63, 3.8) is 0 Å². The van der Waals surface area contributed by atoms with Crippen molar-refractivity contribution in [1.29, 1.82) is 0 Å². The molecule has 4 aromatic rings. The second-order valence-electron chi connectivity index (χ2n) is 7.85. The lowest BCUT2D eigenvalue weighted by Crippen LogP contribution is -2.38. The van der Waals surface area contributed by atoms with Gasteiger partial charge in [0, 0.05) is 16.3 Å². The Morgan fingerprint density at radius 3 is 2.17 bits per heavy atom. The van der Waals surface area contributed by atoms with Gasteiger partial charge in [0.15, 0.2) is 0 Å². The van der Waals surface area contributed by atoms with Crippen LogP contribution in [0.2, 0.25) is 5.02 Å². The first-order chi connectivity index (χ1) is 17.4. The molecule has 0 radical (unpaired) electrons. The highest BCUT2D eigenvalue weighted by Crippen LogP contribution is 2.29. The number of halogens is 1. The maximum atomic E-state index is 13.6. The van der Waals surface area contributed by atoms with E-state index in [4.69, 9.17) is 16.3 Å². The number of amides is 1. The number of rotatable bonds is 9. The van der Waals surface area contributed by atoms with Crippen molar-refractivity contribution < 1.29 is 17.9 Å². The first kappa shape index (κ1) is 25.3. The number of carbonyl (C=O) groups is 1. The minimum absolute atomic E-state index is 0.0262. The third-order valence-electron chi connectivity index (χ3n) is 5.41. The second kappa shape index (κ2) is 11.3. The van der Waals surface area contributed by atoms with Gasteiger partial charge in [0.05, 0.1) is 17.2 Å². The summed E-state index contributed by atoms with van der Waals surface area (Å²) in [6, 6.07) is 29.4. The summed E-state index contributed by atoms with van der Waals surface area (Å²) in [5, 5.41) is 3.30. The smallest absolute Gasteiger partial charge is 0.264 e. The van der Waals surface area contributed by atoms with Crippen molar-refractivity contribution in [2.75, 3.05) is 22.8 Å². The molecule has 0 atom stereocenters. The number of sulfonamides is 1. The fraction of sp³-hybridized carbons (Fsp3) is 0.107. The van der Waals surface area contributed by atoms with Crippen molar-refractivity contribution in [2.45, 2.75) is 11.8 Å². The van der Waals surface area contributed by atoms with E-state index in [0.29, 0.717) is 28.8 Å². The Hall–Kier alpha value is -3.81. The van der Waals surface area contributed by atoms with Gasteiger partial charge in [-0.05, 0) is 67.1 Å². The van der Waals surface area contributed by atoms with Crippen LogP contribution in [0.1, 0.15) is 6.92 Å². The highest BCUT2D eigenvalue weighted by atomic mass is 35.5. The molecule has 0 spiro atoms. The van der Waals surface area contributed by atoms with Crippen LogP contribution in [-0.2, 0) is 14.8 Å². The van der Waals surface area contributed by atoms with E-state index >= 15 is 0 Å². The maximum absolute atomic E-state index is 13.6. The highest BCUT2D eigenvalue weighted by molar-refractivity contribution is 7.92. The maximum Gasteiger partial charge on any atom is 0.264 e. The van der Waals surface area contributed by atoms with Gasteiger partial charge < -0.3 is 10.1 Å². The molecule has 0 fully saturated rings. The molecule has 184 valence electrons. The molecular formula is C28H25ClN2O4S. The molecule has 1 amide bonds. The average molecular weight is 521 g/mol. The number of ether oxygens (including phenoxy) is 1. The van der Waals surface area contributed by atoms with Gasteiger partial charge in [-0.3, -0.25) is 9.10 Å². The first-order valence-corrected chi connectivity index (χ1v) is 13.2. The zero-order chi connectivity index (χ0) is 25.5. The number of anilines is 2. The molecule has 0 aliphatic carbocycles. The minimum atomic E-state index is -4.07. The molecule has 4 rings (SSSR count). The van der Waals surface area contributed by atoms with Gasteiger partial charge in [0.1, 0.15) is 12.3 Å². The third-order valence-corrected chi connectivity index (χ3v) is 7.45. The Morgan fingerprint density at radius 2 is 1.50 bits per heavy atom. The highest BCUT2D eigenvalue weighted by Gasteiger charge is 2.27. The summed E-state index contributed by atoms with van der Waals surface area (Å²) < 4.78 is 33.8. The molecule has 4 aromatic carbocycles. The number of carbonyl (C=O) groups excluding carboxylic acids is 1. The van der Waals surface area contributed by atoms with Crippen LogP contribution >= 0.6 is 11.6 Å². The summed E-state index contributed by atoms with van der Waals surface area (Å²) in [5.74, 6) is 0.121. The van der Waals surface area contributed by atoms with Gasteiger partial charge in [-0.25, -0.2) is 8.42 Å². The molecule has 36 heavy (non-hydrogen) atoms. The Labute approximate surface area is 216 Å². The van der Waals surface area contributed by atoms with Crippen LogP contribution in [0.25, 0.3) is 11.1 Å². The molecule has 0 saturated carbocycles. The standard InChI is InChI=1S/C28H25ClN2O4S/c1-2-35-24-16-14-23(15-17-24)31(36(33,34)25-18-12-22(29)13-19-25)20-28(32)30-27-11-7-6-10-26(27)21-8-4-3-5-9-21/h3-19H,2,20H2,1H3,(H,30,32). The predicted octanol–water partition coefficient (Wildman–Crippen LogP) is 6.24. The van der Waals surface area contributed by atoms with Crippen LogP contribution in [-0.4, -0.2) is 27.5 Å². The van der Waals surface area contributed by atoms with Crippen LogP contribution in [0.5, 0.6) is 5.75 Å². The molecule has 0 bridgehead atoms. The normalized spacial score (nSPS) is 11.1. The van der Waals surface area contributed by atoms with E-state index in [9.17, 15) is 13.2 Å². The Balaban J connectivity index is 1.66. The fourth-order valence-electron chi connectivity index (χ4n) is 3.71. The summed E-state index contributed by atoms with van der Waals surface area (Å²) in [7, 11) is -4.07. The monoisotopic (exact) mass is 520 g/mol.